The van der Waals surface area contributed by atoms with Crippen LogP contribution in [0.25, 0.3) is 21.9 Å². The van der Waals surface area contributed by atoms with E-state index in [1.807, 2.05) is 11.0 Å². The van der Waals surface area contributed by atoms with Crippen LogP contribution in [0.4, 0.5) is 4.79 Å². The van der Waals surface area contributed by atoms with Gasteiger partial charge in [-0.25, -0.2) is 4.79 Å². The van der Waals surface area contributed by atoms with E-state index in [1.165, 1.54) is 33.0 Å². The molecule has 1 amide bonds. The molecule has 1 atom stereocenters. The number of nitrogens with one attached hydrogen (secondary N) is 1. The van der Waals surface area contributed by atoms with Crippen molar-refractivity contribution >= 4 is 16.9 Å². The molecule has 0 spiro atoms. The average Bonchev–Trinajstić information content (AvgIpc) is 3.20. The first-order valence-corrected chi connectivity index (χ1v) is 11.6. The lowest BCUT2D eigenvalue weighted by Gasteiger charge is -2.36. The van der Waals surface area contributed by atoms with Crippen LogP contribution in [0.1, 0.15) is 28.7 Å². The Morgan fingerprint density at radius 3 is 2.27 bits per heavy atom. The van der Waals surface area contributed by atoms with Gasteiger partial charge in [0.1, 0.15) is 6.61 Å². The summed E-state index contributed by atoms with van der Waals surface area (Å²) in [5.74, 6) is 0.0726. The number of carbonyl (C=O) groups excluding carboxylic acids is 1. The van der Waals surface area contributed by atoms with Crippen molar-refractivity contribution < 1.29 is 9.53 Å². The second-order valence-corrected chi connectivity index (χ2v) is 8.82. The van der Waals surface area contributed by atoms with Gasteiger partial charge < -0.3 is 10.1 Å². The van der Waals surface area contributed by atoms with Crippen LogP contribution in [-0.2, 0) is 4.74 Å². The van der Waals surface area contributed by atoms with Crippen molar-refractivity contribution in [3.8, 4) is 11.1 Å². The van der Waals surface area contributed by atoms with Gasteiger partial charge in [-0.05, 0) is 44.7 Å². The number of amides is 1. The van der Waals surface area contributed by atoms with E-state index >= 15 is 0 Å². The Morgan fingerprint density at radius 2 is 1.52 bits per heavy atom. The largest absolute Gasteiger partial charge is 0.448 e. The highest BCUT2D eigenvalue weighted by Gasteiger charge is 2.32. The number of nitrogens with zero attached hydrogens (tertiary/aromatic N) is 1. The molecule has 1 aliphatic heterocycles. The van der Waals surface area contributed by atoms with Gasteiger partial charge in [0.25, 0.3) is 0 Å². The van der Waals surface area contributed by atoms with Gasteiger partial charge in [-0.2, -0.15) is 0 Å². The fourth-order valence-electron chi connectivity index (χ4n) is 5.31. The number of fused-ring (bicyclic) bond motifs is 4. The van der Waals surface area contributed by atoms with E-state index in [1.54, 1.807) is 0 Å². The molecule has 2 aliphatic rings. The van der Waals surface area contributed by atoms with Gasteiger partial charge in [-0.15, -0.1) is 0 Å². The lowest BCUT2D eigenvalue weighted by atomic mass is 9.98. The summed E-state index contributed by atoms with van der Waals surface area (Å²) in [4.78, 5) is 15.2. The first kappa shape index (κ1) is 20.0. The van der Waals surface area contributed by atoms with Gasteiger partial charge in [-0.3, -0.25) is 4.90 Å². The maximum absolute atomic E-state index is 13.3. The Kier molecular flexibility index (Phi) is 5.08. The van der Waals surface area contributed by atoms with E-state index in [2.05, 4.69) is 90.2 Å². The number of hydrogen-bond donors (Lipinski definition) is 1. The summed E-state index contributed by atoms with van der Waals surface area (Å²) >= 11 is 0. The summed E-state index contributed by atoms with van der Waals surface area (Å²) in [5.41, 5.74) is 6.08. The lowest BCUT2D eigenvalue weighted by molar-refractivity contribution is 0.0753. The Labute approximate surface area is 193 Å². The molecule has 1 fully saturated rings. The molecular formula is C29H26N2O2. The van der Waals surface area contributed by atoms with E-state index in [0.717, 1.165) is 18.7 Å². The maximum atomic E-state index is 13.3. The third-order valence-corrected chi connectivity index (χ3v) is 6.97. The van der Waals surface area contributed by atoms with Gasteiger partial charge >= 0.3 is 6.09 Å². The van der Waals surface area contributed by atoms with Gasteiger partial charge in [0.15, 0.2) is 0 Å². The Morgan fingerprint density at radius 1 is 0.848 bits per heavy atom. The monoisotopic (exact) mass is 434 g/mol. The molecule has 4 aromatic carbocycles. The van der Waals surface area contributed by atoms with E-state index in [0.29, 0.717) is 13.2 Å². The van der Waals surface area contributed by atoms with Crippen LogP contribution in [0, 0.1) is 0 Å². The van der Waals surface area contributed by atoms with Gasteiger partial charge in [0, 0.05) is 25.6 Å². The first-order chi connectivity index (χ1) is 16.3. The molecule has 6 rings (SSSR count). The third-order valence-electron chi connectivity index (χ3n) is 6.97. The number of ether oxygens (including phenoxy) is 1. The zero-order valence-electron chi connectivity index (χ0n) is 18.4. The van der Waals surface area contributed by atoms with E-state index in [-0.39, 0.29) is 18.1 Å². The Bertz CT molecular complexity index is 1290. The molecule has 0 radical (unpaired) electrons. The van der Waals surface area contributed by atoms with Crippen LogP contribution in [0.3, 0.4) is 0 Å². The first-order valence-electron chi connectivity index (χ1n) is 11.6. The molecule has 1 saturated heterocycles. The highest BCUT2D eigenvalue weighted by atomic mass is 16.6. The van der Waals surface area contributed by atoms with Crippen LogP contribution < -0.4 is 5.32 Å². The normalized spacial score (nSPS) is 17.6. The minimum atomic E-state index is -0.239. The van der Waals surface area contributed by atoms with Crippen LogP contribution >= 0.6 is 0 Å². The van der Waals surface area contributed by atoms with E-state index in [4.69, 9.17) is 4.74 Å². The zero-order valence-corrected chi connectivity index (χ0v) is 18.4. The highest BCUT2D eigenvalue weighted by Crippen LogP contribution is 2.44. The summed E-state index contributed by atoms with van der Waals surface area (Å²) in [6, 6.07) is 31.6. The molecule has 33 heavy (non-hydrogen) atoms. The number of hydrogen-bond acceptors (Lipinski definition) is 3. The second kappa shape index (κ2) is 8.38. The highest BCUT2D eigenvalue weighted by molar-refractivity contribution is 5.83. The van der Waals surface area contributed by atoms with Crippen molar-refractivity contribution in [2.75, 3.05) is 26.2 Å². The SMILES string of the molecule is O=C(OCC1c2ccccc2-c2ccccc21)N1CCNCC1c1ccc2ccccc2c1. The molecule has 1 aliphatic carbocycles. The molecule has 0 saturated carbocycles. The third kappa shape index (κ3) is 3.57. The van der Waals surface area contributed by atoms with E-state index < -0.39 is 0 Å². The molecule has 0 bridgehead atoms. The molecular weight excluding hydrogens is 408 g/mol. The van der Waals surface area contributed by atoms with Gasteiger partial charge in [0.2, 0.25) is 0 Å². The fourth-order valence-corrected chi connectivity index (χ4v) is 5.31. The van der Waals surface area contributed by atoms with Crippen molar-refractivity contribution in [2.45, 2.75) is 12.0 Å². The molecule has 1 heterocycles. The number of piperazine rings is 1. The second-order valence-electron chi connectivity index (χ2n) is 8.82. The smallest absolute Gasteiger partial charge is 0.410 e. The van der Waals surface area contributed by atoms with E-state index in [9.17, 15) is 4.79 Å². The predicted molar refractivity (Wildman–Crippen MR) is 131 cm³/mol. The molecule has 4 nitrogen and oxygen atoms in total. The minimum Gasteiger partial charge on any atom is -0.448 e. The molecule has 164 valence electrons. The quantitative estimate of drug-likeness (QED) is 0.447. The molecule has 4 aromatic rings. The summed E-state index contributed by atoms with van der Waals surface area (Å²) < 4.78 is 5.98. The topological polar surface area (TPSA) is 41.6 Å². The van der Waals surface area contributed by atoms with Crippen molar-refractivity contribution in [3.05, 3.63) is 108 Å². The number of benzene rings is 4. The molecule has 4 heteroatoms. The summed E-state index contributed by atoms with van der Waals surface area (Å²) in [6.45, 7) is 2.48. The summed E-state index contributed by atoms with van der Waals surface area (Å²) in [5, 5.41) is 5.83. The van der Waals surface area contributed by atoms with Crippen molar-refractivity contribution in [1.29, 1.82) is 0 Å². The predicted octanol–water partition coefficient (Wildman–Crippen LogP) is 5.74. The number of carbonyl (C=O) groups is 1. The van der Waals surface area contributed by atoms with Crippen LogP contribution in [0.15, 0.2) is 91.0 Å². The van der Waals surface area contributed by atoms with Crippen LogP contribution in [-0.4, -0.2) is 37.2 Å². The minimum absolute atomic E-state index is 0.0426. The molecule has 1 unspecified atom stereocenters. The maximum Gasteiger partial charge on any atom is 0.410 e. The number of rotatable bonds is 3. The molecule has 0 aromatic heterocycles. The summed E-state index contributed by atoms with van der Waals surface area (Å²) in [7, 11) is 0. The van der Waals surface area contributed by atoms with Crippen molar-refractivity contribution in [1.82, 2.24) is 10.2 Å². The lowest BCUT2D eigenvalue weighted by Crippen LogP contribution is -2.49. The Balaban J connectivity index is 1.23. The van der Waals surface area contributed by atoms with Gasteiger partial charge in [0.05, 0.1) is 6.04 Å². The average molecular weight is 435 g/mol. The van der Waals surface area contributed by atoms with Crippen LogP contribution in [0.5, 0.6) is 0 Å². The molecule has 1 N–H and O–H groups in total. The fraction of sp³-hybridized carbons (Fsp3) is 0.207. The summed E-state index contributed by atoms with van der Waals surface area (Å²) in [6.07, 6.45) is -0.239. The van der Waals surface area contributed by atoms with Gasteiger partial charge in [-0.1, -0.05) is 84.9 Å². The Hall–Kier alpha value is -3.63. The van der Waals surface area contributed by atoms with Crippen LogP contribution in [0.2, 0.25) is 0 Å². The standard InChI is InChI=1S/C29H26N2O2/c32-29(33-19-27-25-11-5-3-9-23(25)24-10-4-6-12-26(24)27)31-16-15-30-18-28(31)22-14-13-20-7-1-2-8-21(20)17-22/h1-14,17,27-28,30H,15-16,18-19H2. The van der Waals surface area contributed by atoms with Crippen molar-refractivity contribution in [3.63, 3.8) is 0 Å². The zero-order chi connectivity index (χ0) is 22.2. The van der Waals surface area contributed by atoms with Crippen molar-refractivity contribution in [2.24, 2.45) is 0 Å².